The molecule has 2 aliphatic rings. The number of benzene rings is 1. The Kier molecular flexibility index (Phi) is 7.54. The molecule has 36 heavy (non-hydrogen) atoms. The topological polar surface area (TPSA) is 74.8 Å². The summed E-state index contributed by atoms with van der Waals surface area (Å²) >= 11 is 0. The molecule has 0 saturated carbocycles. The number of pyridine rings is 1. The Morgan fingerprint density at radius 2 is 1.89 bits per heavy atom. The van der Waals surface area contributed by atoms with Crippen LogP contribution >= 0.6 is 0 Å². The van der Waals surface area contributed by atoms with Gasteiger partial charge in [0.2, 0.25) is 0 Å². The third-order valence-electron chi connectivity index (χ3n) is 6.84. The van der Waals surface area contributed by atoms with Crippen LogP contribution in [0.5, 0.6) is 0 Å². The van der Waals surface area contributed by atoms with Gasteiger partial charge in [0.1, 0.15) is 0 Å². The Balaban J connectivity index is 1.36. The summed E-state index contributed by atoms with van der Waals surface area (Å²) in [5, 5.41) is 2.93. The zero-order valence-corrected chi connectivity index (χ0v) is 20.6. The smallest absolute Gasteiger partial charge is 0.416 e. The summed E-state index contributed by atoms with van der Waals surface area (Å²) in [4.78, 5) is 32.6. The molecule has 0 spiro atoms. The van der Waals surface area contributed by atoms with E-state index in [9.17, 15) is 22.8 Å². The number of nitrogens with one attached hydrogen (secondary N) is 1. The first-order valence-electron chi connectivity index (χ1n) is 12.1. The monoisotopic (exact) mass is 504 g/mol. The number of carbonyl (C=O) groups is 2. The summed E-state index contributed by atoms with van der Waals surface area (Å²) in [6.07, 6.45) is -2.32. The van der Waals surface area contributed by atoms with Crippen LogP contribution < -0.4 is 5.32 Å². The molecular formula is C26H31F3N4O3. The normalized spacial score (nSPS) is 18.2. The van der Waals surface area contributed by atoms with E-state index in [2.05, 4.69) is 33.8 Å². The van der Waals surface area contributed by atoms with Crippen LogP contribution in [0.15, 0.2) is 36.5 Å². The Hall–Kier alpha value is -3.14. The fraction of sp³-hybridized carbons (Fsp3) is 0.500. The van der Waals surface area contributed by atoms with E-state index in [1.807, 2.05) is 6.07 Å². The third kappa shape index (κ3) is 5.64. The number of rotatable bonds is 7. The minimum absolute atomic E-state index is 0.00998. The number of alkyl halides is 3. The molecule has 0 aliphatic carbocycles. The number of fused-ring (bicyclic) bond motifs is 1. The van der Waals surface area contributed by atoms with Crippen molar-refractivity contribution in [2.24, 2.45) is 11.8 Å². The number of aromatic nitrogens is 1. The molecule has 1 saturated heterocycles. The van der Waals surface area contributed by atoms with Crippen LogP contribution in [0.3, 0.4) is 0 Å². The molecule has 2 aliphatic heterocycles. The van der Waals surface area contributed by atoms with Gasteiger partial charge >= 0.3 is 12.3 Å². The van der Waals surface area contributed by atoms with Crippen molar-refractivity contribution in [1.82, 2.24) is 20.1 Å². The van der Waals surface area contributed by atoms with Gasteiger partial charge in [-0.1, -0.05) is 26.0 Å². The largest absolute Gasteiger partial charge is 0.453 e. The van der Waals surface area contributed by atoms with Crippen molar-refractivity contribution in [3.63, 3.8) is 0 Å². The average Bonchev–Trinajstić information content (AvgIpc) is 3.16. The number of likely N-dealkylation sites (tertiary alicyclic amines) is 1. The molecule has 1 N–H and O–H groups in total. The zero-order valence-electron chi connectivity index (χ0n) is 20.6. The first kappa shape index (κ1) is 25.9. The van der Waals surface area contributed by atoms with E-state index < -0.39 is 11.7 Å². The predicted octanol–water partition coefficient (Wildman–Crippen LogP) is 4.63. The van der Waals surface area contributed by atoms with Crippen molar-refractivity contribution in [1.29, 1.82) is 0 Å². The van der Waals surface area contributed by atoms with Crippen LogP contribution in [0.1, 0.15) is 59.1 Å². The van der Waals surface area contributed by atoms with Crippen molar-refractivity contribution in [2.75, 3.05) is 26.7 Å². The van der Waals surface area contributed by atoms with Gasteiger partial charge in [0.25, 0.3) is 5.91 Å². The number of amides is 2. The van der Waals surface area contributed by atoms with E-state index in [-0.39, 0.29) is 24.0 Å². The number of nitrogens with zero attached hydrogens (tertiary/aromatic N) is 3. The molecule has 3 heterocycles. The molecule has 0 radical (unpaired) electrons. The summed E-state index contributed by atoms with van der Waals surface area (Å²) in [6, 6.07) is 7.13. The maximum absolute atomic E-state index is 12.9. The van der Waals surface area contributed by atoms with Gasteiger partial charge < -0.3 is 15.0 Å². The van der Waals surface area contributed by atoms with Gasteiger partial charge in [0.05, 0.1) is 30.0 Å². The molecule has 1 atom stereocenters. The number of methoxy groups -OCH3 is 1. The minimum atomic E-state index is -4.36. The summed E-state index contributed by atoms with van der Waals surface area (Å²) in [7, 11) is 1.36. The summed E-state index contributed by atoms with van der Waals surface area (Å²) in [6.45, 7) is 7.00. The van der Waals surface area contributed by atoms with Crippen molar-refractivity contribution in [2.45, 2.75) is 45.6 Å². The average molecular weight is 505 g/mol. The fourth-order valence-corrected chi connectivity index (χ4v) is 4.98. The number of halogens is 3. The molecule has 2 aromatic rings. The second kappa shape index (κ2) is 10.5. The van der Waals surface area contributed by atoms with Crippen LogP contribution in [0, 0.1) is 11.8 Å². The first-order valence-corrected chi connectivity index (χ1v) is 12.1. The lowest BCUT2D eigenvalue weighted by atomic mass is 9.97. The molecule has 4 rings (SSSR count). The standard InChI is InChI=1S/C26H31F3N4O3/c1-16(2)23-22-20(15-32(23)12-17-4-6-21(7-5-17)26(27,28)29)10-19(11-31-22)24(34)30-9-8-18-13-33(14-18)25(35)36-3/h4-7,10-11,16,18,23H,8-9,12-15H2,1-3H3,(H,30,34). The second-order valence-electron chi connectivity index (χ2n) is 9.84. The van der Waals surface area contributed by atoms with E-state index in [1.165, 1.54) is 19.2 Å². The highest BCUT2D eigenvalue weighted by Crippen LogP contribution is 2.39. The molecule has 2 amide bonds. The van der Waals surface area contributed by atoms with E-state index in [0.717, 1.165) is 35.4 Å². The highest BCUT2D eigenvalue weighted by molar-refractivity contribution is 5.94. The van der Waals surface area contributed by atoms with Crippen LogP contribution in [0.4, 0.5) is 18.0 Å². The minimum Gasteiger partial charge on any atom is -0.453 e. The first-order chi connectivity index (χ1) is 17.1. The molecule has 194 valence electrons. The summed E-state index contributed by atoms with van der Waals surface area (Å²) in [5.74, 6) is 0.379. The third-order valence-corrected chi connectivity index (χ3v) is 6.84. The van der Waals surface area contributed by atoms with Crippen LogP contribution in [0.2, 0.25) is 0 Å². The molecule has 10 heteroatoms. The van der Waals surface area contributed by atoms with Crippen LogP contribution in [-0.2, 0) is 24.0 Å². The molecule has 1 aromatic heterocycles. The maximum atomic E-state index is 12.9. The quantitative estimate of drug-likeness (QED) is 0.595. The SMILES string of the molecule is COC(=O)N1CC(CCNC(=O)c2cnc3c(c2)CN(Cc2ccc(C(F)(F)F)cc2)C3C(C)C)C1. The van der Waals surface area contributed by atoms with Crippen molar-refractivity contribution in [3.8, 4) is 0 Å². The molecule has 1 unspecified atom stereocenters. The maximum Gasteiger partial charge on any atom is 0.416 e. The lowest BCUT2D eigenvalue weighted by Crippen LogP contribution is -2.50. The van der Waals surface area contributed by atoms with Gasteiger partial charge in [-0.2, -0.15) is 13.2 Å². The molecule has 0 bridgehead atoms. The highest BCUT2D eigenvalue weighted by atomic mass is 19.4. The van der Waals surface area contributed by atoms with Gasteiger partial charge in [-0.25, -0.2) is 4.79 Å². The fourth-order valence-electron chi connectivity index (χ4n) is 4.98. The van der Waals surface area contributed by atoms with Gasteiger partial charge in [-0.15, -0.1) is 0 Å². The van der Waals surface area contributed by atoms with Gasteiger partial charge in [0.15, 0.2) is 0 Å². The lowest BCUT2D eigenvalue weighted by molar-refractivity contribution is -0.137. The zero-order chi connectivity index (χ0) is 26.0. The Labute approximate surface area is 208 Å². The molecule has 7 nitrogen and oxygen atoms in total. The summed E-state index contributed by atoms with van der Waals surface area (Å²) < 4.78 is 43.4. The molecule has 1 fully saturated rings. The molecular weight excluding hydrogens is 473 g/mol. The van der Waals surface area contributed by atoms with E-state index in [1.54, 1.807) is 11.1 Å². The van der Waals surface area contributed by atoms with Crippen molar-refractivity contribution < 1.29 is 27.5 Å². The predicted molar refractivity (Wildman–Crippen MR) is 127 cm³/mol. The van der Waals surface area contributed by atoms with Crippen LogP contribution in [0.25, 0.3) is 0 Å². The number of hydrogen-bond donors (Lipinski definition) is 1. The van der Waals surface area contributed by atoms with Crippen molar-refractivity contribution in [3.05, 3.63) is 64.5 Å². The number of ether oxygens (including phenoxy) is 1. The number of carbonyl (C=O) groups excluding carboxylic acids is 2. The van der Waals surface area contributed by atoms with E-state index in [4.69, 9.17) is 0 Å². The van der Waals surface area contributed by atoms with Gasteiger partial charge in [-0.3, -0.25) is 14.7 Å². The second-order valence-corrected chi connectivity index (χ2v) is 9.84. The van der Waals surface area contributed by atoms with Crippen LogP contribution in [-0.4, -0.2) is 53.5 Å². The van der Waals surface area contributed by atoms with Crippen molar-refractivity contribution >= 4 is 12.0 Å². The van der Waals surface area contributed by atoms with Gasteiger partial charge in [-0.05, 0) is 47.6 Å². The lowest BCUT2D eigenvalue weighted by Gasteiger charge is -2.38. The summed E-state index contributed by atoms with van der Waals surface area (Å²) in [5.41, 5.74) is 2.48. The molecule has 1 aromatic carbocycles. The highest BCUT2D eigenvalue weighted by Gasteiger charge is 2.35. The Bertz CT molecular complexity index is 1100. The Morgan fingerprint density at radius 3 is 2.50 bits per heavy atom. The van der Waals surface area contributed by atoms with Gasteiger partial charge in [0, 0.05) is 38.9 Å². The number of hydrogen-bond acceptors (Lipinski definition) is 5. The Morgan fingerprint density at radius 1 is 1.19 bits per heavy atom. The van der Waals surface area contributed by atoms with E-state index in [0.29, 0.717) is 44.2 Å². The van der Waals surface area contributed by atoms with E-state index >= 15 is 0 Å².